The molecule has 0 radical (unpaired) electrons. The molecule has 0 aliphatic rings. The van der Waals surface area contributed by atoms with E-state index in [1.807, 2.05) is 36.4 Å². The van der Waals surface area contributed by atoms with Gasteiger partial charge in [0.05, 0.1) is 6.42 Å². The fraction of sp³-hybridized carbons (Fsp3) is 0.148. The Morgan fingerprint density at radius 2 is 1.69 bits per heavy atom. The predicted molar refractivity (Wildman–Crippen MR) is 133 cm³/mol. The summed E-state index contributed by atoms with van der Waals surface area (Å²) in [7, 11) is 0. The van der Waals surface area contributed by atoms with Gasteiger partial charge < -0.3 is 14.4 Å². The van der Waals surface area contributed by atoms with Gasteiger partial charge in [-0.3, -0.25) is 10.1 Å². The molecule has 0 unspecified atom stereocenters. The second kappa shape index (κ2) is 11.1. The lowest BCUT2D eigenvalue weighted by Gasteiger charge is -2.15. The molecule has 2 N–H and O–H groups in total. The van der Waals surface area contributed by atoms with Gasteiger partial charge in [0.15, 0.2) is 5.76 Å². The zero-order valence-corrected chi connectivity index (χ0v) is 20.3. The van der Waals surface area contributed by atoms with E-state index in [0.717, 1.165) is 20.9 Å². The fourth-order valence-corrected chi connectivity index (χ4v) is 4.36. The Kier molecular flexibility index (Phi) is 7.70. The number of carboxylic acids is 1. The highest BCUT2D eigenvalue weighted by atomic mass is 32.2. The lowest BCUT2D eigenvalue weighted by molar-refractivity contribution is -0.136. The molecule has 0 aliphatic carbocycles. The van der Waals surface area contributed by atoms with E-state index in [0.29, 0.717) is 17.1 Å². The number of aliphatic carboxylic acids is 1. The first-order valence-electron chi connectivity index (χ1n) is 11.1. The van der Waals surface area contributed by atoms with Gasteiger partial charge in [0.25, 0.3) is 0 Å². The van der Waals surface area contributed by atoms with Crippen LogP contribution in [0.15, 0.2) is 87.1 Å². The first-order chi connectivity index (χ1) is 17.3. The minimum absolute atomic E-state index is 0.0112. The number of anilines is 1. The van der Waals surface area contributed by atoms with Crippen LogP contribution < -0.4 is 5.32 Å². The van der Waals surface area contributed by atoms with Gasteiger partial charge in [-0.15, -0.1) is 0 Å². The molecule has 4 rings (SSSR count). The molecule has 9 heteroatoms. The van der Waals surface area contributed by atoms with Crippen molar-refractivity contribution >= 4 is 29.5 Å². The number of halogens is 1. The second-order valence-corrected chi connectivity index (χ2v) is 9.14. The number of benzene rings is 3. The standard InChI is InChI=1S/C27H23FN2O5S/c1-16(22-5-3-4-6-23(22)28)34-27(33)29-25-17(2)35-30-26(25)19-9-13-21(14-10-19)36-20-11-7-18(8-12-20)15-24(31)32/h3-14,16H,15H2,1-2H3,(H,29,33)(H,31,32)/t16-/m1/s1. The molecular weight excluding hydrogens is 483 g/mol. The van der Waals surface area contributed by atoms with E-state index in [9.17, 15) is 14.0 Å². The van der Waals surface area contributed by atoms with Gasteiger partial charge in [-0.2, -0.15) is 0 Å². The minimum Gasteiger partial charge on any atom is -0.481 e. The van der Waals surface area contributed by atoms with Crippen molar-refractivity contribution in [3.8, 4) is 11.3 Å². The number of hydrogen-bond donors (Lipinski definition) is 2. The largest absolute Gasteiger partial charge is 0.481 e. The van der Waals surface area contributed by atoms with Crippen LogP contribution in [0.25, 0.3) is 11.3 Å². The number of ether oxygens (including phenoxy) is 1. The summed E-state index contributed by atoms with van der Waals surface area (Å²) in [5.41, 5.74) is 2.56. The van der Waals surface area contributed by atoms with Crippen molar-refractivity contribution in [1.29, 1.82) is 0 Å². The smallest absolute Gasteiger partial charge is 0.412 e. The van der Waals surface area contributed by atoms with Crippen LogP contribution in [0.4, 0.5) is 14.9 Å². The van der Waals surface area contributed by atoms with Crippen LogP contribution in [0, 0.1) is 12.7 Å². The van der Waals surface area contributed by atoms with Crippen LogP contribution in [-0.2, 0) is 16.0 Å². The lowest BCUT2D eigenvalue weighted by atomic mass is 10.1. The summed E-state index contributed by atoms with van der Waals surface area (Å²) in [6.07, 6.45) is -1.55. The van der Waals surface area contributed by atoms with E-state index in [1.54, 1.807) is 44.2 Å². The van der Waals surface area contributed by atoms with Crippen molar-refractivity contribution in [2.24, 2.45) is 0 Å². The van der Waals surface area contributed by atoms with Crippen LogP contribution in [-0.4, -0.2) is 22.3 Å². The van der Waals surface area contributed by atoms with Gasteiger partial charge in [0, 0.05) is 20.9 Å². The number of amides is 1. The molecule has 1 aromatic heterocycles. The number of aromatic nitrogens is 1. The van der Waals surface area contributed by atoms with Gasteiger partial charge in [0.2, 0.25) is 0 Å². The highest BCUT2D eigenvalue weighted by Crippen LogP contribution is 2.34. The monoisotopic (exact) mass is 506 g/mol. The first-order valence-corrected chi connectivity index (χ1v) is 11.9. The van der Waals surface area contributed by atoms with Crippen LogP contribution >= 0.6 is 11.8 Å². The molecule has 0 saturated carbocycles. The number of nitrogens with zero attached hydrogens (tertiary/aromatic N) is 1. The van der Waals surface area contributed by atoms with E-state index in [-0.39, 0.29) is 12.0 Å². The number of carbonyl (C=O) groups is 2. The van der Waals surface area contributed by atoms with Crippen LogP contribution in [0.1, 0.15) is 29.9 Å². The normalized spacial score (nSPS) is 11.6. The van der Waals surface area contributed by atoms with E-state index in [1.165, 1.54) is 17.8 Å². The highest BCUT2D eigenvalue weighted by Gasteiger charge is 2.20. The molecule has 3 aromatic carbocycles. The molecule has 0 spiro atoms. The van der Waals surface area contributed by atoms with Gasteiger partial charge in [-0.25, -0.2) is 9.18 Å². The zero-order chi connectivity index (χ0) is 25.7. The summed E-state index contributed by atoms with van der Waals surface area (Å²) in [4.78, 5) is 25.3. The average molecular weight is 507 g/mol. The Morgan fingerprint density at radius 3 is 2.33 bits per heavy atom. The Morgan fingerprint density at radius 1 is 1.06 bits per heavy atom. The third-order valence-corrected chi connectivity index (χ3v) is 6.37. The van der Waals surface area contributed by atoms with Crippen molar-refractivity contribution in [2.45, 2.75) is 36.2 Å². The van der Waals surface area contributed by atoms with Crippen molar-refractivity contribution < 1.29 is 28.3 Å². The van der Waals surface area contributed by atoms with E-state index in [4.69, 9.17) is 14.4 Å². The van der Waals surface area contributed by atoms with Gasteiger partial charge in [-0.1, -0.05) is 59.4 Å². The minimum atomic E-state index is -0.865. The molecule has 0 fully saturated rings. The molecular formula is C27H23FN2O5S. The van der Waals surface area contributed by atoms with E-state index >= 15 is 0 Å². The predicted octanol–water partition coefficient (Wildman–Crippen LogP) is 6.88. The quantitative estimate of drug-likeness (QED) is 0.269. The number of rotatable bonds is 8. The molecule has 7 nitrogen and oxygen atoms in total. The van der Waals surface area contributed by atoms with E-state index < -0.39 is 24.0 Å². The van der Waals surface area contributed by atoms with Gasteiger partial charge in [0.1, 0.15) is 23.3 Å². The topological polar surface area (TPSA) is 102 Å². The first kappa shape index (κ1) is 25.0. The zero-order valence-electron chi connectivity index (χ0n) is 19.5. The highest BCUT2D eigenvalue weighted by molar-refractivity contribution is 7.99. The molecule has 4 aromatic rings. The number of carbonyl (C=O) groups excluding carboxylic acids is 1. The number of nitrogens with one attached hydrogen (secondary N) is 1. The summed E-state index contributed by atoms with van der Waals surface area (Å²) >= 11 is 1.53. The molecule has 1 heterocycles. The van der Waals surface area contributed by atoms with Crippen LogP contribution in [0.2, 0.25) is 0 Å². The second-order valence-electron chi connectivity index (χ2n) is 8.00. The summed E-state index contributed by atoms with van der Waals surface area (Å²) in [5.74, 6) is -0.912. The molecule has 0 bridgehead atoms. The molecule has 184 valence electrons. The van der Waals surface area contributed by atoms with Crippen molar-refractivity contribution in [2.75, 3.05) is 5.32 Å². The molecule has 1 amide bonds. The lowest BCUT2D eigenvalue weighted by Crippen LogP contribution is -2.17. The molecule has 36 heavy (non-hydrogen) atoms. The molecule has 1 atom stereocenters. The maximum Gasteiger partial charge on any atom is 0.412 e. The molecule has 0 aliphatic heterocycles. The SMILES string of the molecule is Cc1onc(-c2ccc(Sc3ccc(CC(=O)O)cc3)cc2)c1NC(=O)O[C@H](C)c1ccccc1F. The summed E-state index contributed by atoms with van der Waals surface area (Å²) in [6.45, 7) is 3.26. The summed E-state index contributed by atoms with van der Waals surface area (Å²) in [5, 5.41) is 15.6. The third-order valence-electron chi connectivity index (χ3n) is 5.36. The Labute approximate surface area is 211 Å². The maximum atomic E-state index is 14.0. The van der Waals surface area contributed by atoms with Crippen LogP contribution in [0.5, 0.6) is 0 Å². The summed E-state index contributed by atoms with van der Waals surface area (Å²) in [6, 6.07) is 21.0. The van der Waals surface area contributed by atoms with Crippen molar-refractivity contribution in [3.63, 3.8) is 0 Å². The number of carboxylic acid groups (broad SMARTS) is 1. The fourth-order valence-electron chi connectivity index (χ4n) is 3.54. The molecule has 0 saturated heterocycles. The van der Waals surface area contributed by atoms with Gasteiger partial charge >= 0.3 is 12.1 Å². The Bertz CT molecular complexity index is 1370. The van der Waals surface area contributed by atoms with E-state index in [2.05, 4.69) is 10.5 Å². The Balaban J connectivity index is 1.43. The Hall–Kier alpha value is -4.11. The maximum absolute atomic E-state index is 14.0. The van der Waals surface area contributed by atoms with Crippen molar-refractivity contribution in [1.82, 2.24) is 5.16 Å². The third kappa shape index (κ3) is 6.11. The number of hydrogen-bond acceptors (Lipinski definition) is 6. The van der Waals surface area contributed by atoms with Gasteiger partial charge in [-0.05, 0) is 49.7 Å². The average Bonchev–Trinajstić information content (AvgIpc) is 3.20. The van der Waals surface area contributed by atoms with Crippen molar-refractivity contribution in [3.05, 3.63) is 95.5 Å². The number of aryl methyl sites for hydroxylation is 1. The van der Waals surface area contributed by atoms with Crippen LogP contribution in [0.3, 0.4) is 0 Å². The summed E-state index contributed by atoms with van der Waals surface area (Å²) < 4.78 is 24.6.